The van der Waals surface area contributed by atoms with Crippen LogP contribution in [0.4, 0.5) is 5.69 Å². The number of nitrogens with two attached hydrogens (primary N) is 3. The molecule has 161 valence electrons. The monoisotopic (exact) mass is 417 g/mol. The van der Waals surface area contributed by atoms with Crippen molar-refractivity contribution in [1.29, 1.82) is 0 Å². The molecule has 1 radical (unpaired) electrons. The summed E-state index contributed by atoms with van der Waals surface area (Å²) in [5.74, 6) is -2.56. The molecule has 0 saturated heterocycles. The van der Waals surface area contributed by atoms with Crippen LogP contribution >= 0.6 is 0 Å². The van der Waals surface area contributed by atoms with Gasteiger partial charge in [-0.15, -0.1) is 5.32 Å². The van der Waals surface area contributed by atoms with E-state index in [1.165, 1.54) is 0 Å². The normalized spacial score (nSPS) is 14.1. The first kappa shape index (κ1) is 22.8. The highest BCUT2D eigenvalue weighted by molar-refractivity contribution is 5.91. The summed E-state index contributed by atoms with van der Waals surface area (Å²) in [6.07, 6.45) is 2.39. The van der Waals surface area contributed by atoms with Crippen molar-refractivity contribution >= 4 is 35.0 Å². The van der Waals surface area contributed by atoms with Crippen LogP contribution < -0.4 is 43.3 Å². The SMILES string of the molecule is NCC(=O)NC(CCC[NH+]=C(N)N)C(=O)NC(CC1=C[NH+]c2ccccc21)C(=O)[O-]. The quantitative estimate of drug-likeness (QED) is 0.105. The number of rotatable bonds is 11. The van der Waals surface area contributed by atoms with E-state index in [9.17, 15) is 19.5 Å². The molecule has 30 heavy (non-hydrogen) atoms. The lowest BCUT2D eigenvalue weighted by molar-refractivity contribution is -0.491. The molecule has 1 aliphatic rings. The minimum Gasteiger partial charge on any atom is -0.548 e. The lowest BCUT2D eigenvalue weighted by Crippen LogP contribution is -2.78. The zero-order valence-electron chi connectivity index (χ0n) is 16.4. The molecule has 0 spiro atoms. The van der Waals surface area contributed by atoms with Gasteiger partial charge in [0, 0.05) is 23.6 Å². The van der Waals surface area contributed by atoms with Crippen molar-refractivity contribution in [3.63, 3.8) is 0 Å². The number of nitrogens with one attached hydrogen (secondary N) is 4. The molecule has 11 nitrogen and oxygen atoms in total. The van der Waals surface area contributed by atoms with Crippen molar-refractivity contribution in [3.05, 3.63) is 36.0 Å². The molecule has 2 rings (SSSR count). The van der Waals surface area contributed by atoms with Gasteiger partial charge in [-0.1, -0.05) is 12.1 Å². The summed E-state index contributed by atoms with van der Waals surface area (Å²) in [5.41, 5.74) is 18.4. The van der Waals surface area contributed by atoms with Crippen LogP contribution in [-0.4, -0.2) is 48.9 Å². The van der Waals surface area contributed by atoms with Crippen LogP contribution in [0.3, 0.4) is 0 Å². The van der Waals surface area contributed by atoms with Crippen molar-refractivity contribution < 1.29 is 29.8 Å². The number of fused-ring (bicyclic) bond motifs is 1. The average molecular weight is 417 g/mol. The van der Waals surface area contributed by atoms with E-state index in [0.29, 0.717) is 13.0 Å². The number of aliphatic carboxylic acids is 1. The minimum absolute atomic E-state index is 0.0237. The number of carbonyl (C=O) groups excluding carboxylic acids is 3. The Kier molecular flexibility index (Phi) is 8.32. The second-order valence-corrected chi connectivity index (χ2v) is 6.79. The zero-order chi connectivity index (χ0) is 22.1. The number of carboxylic acid groups (broad SMARTS) is 1. The fourth-order valence-corrected chi connectivity index (χ4v) is 3.05. The summed E-state index contributed by atoms with van der Waals surface area (Å²) in [5, 5.41) is 19.7. The van der Waals surface area contributed by atoms with E-state index in [4.69, 9.17) is 17.2 Å². The maximum absolute atomic E-state index is 12.7. The molecule has 1 aromatic rings. The number of anilines is 1. The van der Waals surface area contributed by atoms with E-state index in [1.54, 1.807) is 6.20 Å². The summed E-state index contributed by atoms with van der Waals surface area (Å²) < 4.78 is 0. The van der Waals surface area contributed by atoms with Gasteiger partial charge in [0.25, 0.3) is 0 Å². The maximum atomic E-state index is 12.7. The fourth-order valence-electron chi connectivity index (χ4n) is 3.05. The van der Waals surface area contributed by atoms with Crippen molar-refractivity contribution in [2.45, 2.75) is 31.3 Å². The Labute approximate surface area is 173 Å². The molecule has 1 aliphatic heterocycles. The second-order valence-electron chi connectivity index (χ2n) is 6.79. The van der Waals surface area contributed by atoms with Crippen LogP contribution in [0.25, 0.3) is 5.57 Å². The lowest BCUT2D eigenvalue weighted by Gasteiger charge is -2.24. The largest absolute Gasteiger partial charge is 0.548 e. The Hall–Kier alpha value is -3.44. The number of para-hydroxylation sites is 1. The Balaban J connectivity index is 2.04. The molecule has 0 aromatic heterocycles. The van der Waals surface area contributed by atoms with Gasteiger partial charge in [0.2, 0.25) is 11.8 Å². The van der Waals surface area contributed by atoms with Crippen LogP contribution in [0.1, 0.15) is 24.8 Å². The van der Waals surface area contributed by atoms with Gasteiger partial charge in [0.05, 0.1) is 25.1 Å². The molecule has 10 N–H and O–H groups in total. The van der Waals surface area contributed by atoms with Crippen molar-refractivity contribution in [1.82, 2.24) is 10.6 Å². The molecule has 2 unspecified atom stereocenters. The molecule has 2 amide bonds. The number of carbonyl (C=O) groups is 3. The number of benzene rings is 1. The molecular formula is C19H27N7O4+. The predicted molar refractivity (Wildman–Crippen MR) is 106 cm³/mol. The van der Waals surface area contributed by atoms with Gasteiger partial charge in [-0.25, -0.2) is 0 Å². The van der Waals surface area contributed by atoms with Gasteiger partial charge in [-0.05, 0) is 18.9 Å². The second kappa shape index (κ2) is 10.9. The van der Waals surface area contributed by atoms with Gasteiger partial charge >= 0.3 is 5.96 Å². The van der Waals surface area contributed by atoms with Gasteiger partial charge in [-0.2, -0.15) is 0 Å². The first-order chi connectivity index (χ1) is 14.3. The predicted octanol–water partition coefficient (Wildman–Crippen LogP) is -5.78. The van der Waals surface area contributed by atoms with Gasteiger partial charge < -0.3 is 26.3 Å². The number of hydrogen-bond acceptors (Lipinski definition) is 6. The highest BCUT2D eigenvalue weighted by Gasteiger charge is 2.27. The molecule has 2 atom stereocenters. The summed E-state index contributed by atoms with van der Waals surface area (Å²) in [6, 6.07) is 5.17. The molecular weight excluding hydrogens is 390 g/mol. The van der Waals surface area contributed by atoms with E-state index in [0.717, 1.165) is 16.8 Å². The molecule has 0 aliphatic carbocycles. The van der Waals surface area contributed by atoms with E-state index >= 15 is 0 Å². The minimum atomic E-state index is -1.43. The number of amides is 2. The molecule has 1 aromatic carbocycles. The Bertz CT molecular complexity index is 849. The smallest absolute Gasteiger partial charge is 0.338 e. The topological polar surface area (TPSA) is 206 Å². The fraction of sp³-hybridized carbons (Fsp3) is 0.368. The third-order valence-electron chi connectivity index (χ3n) is 4.54. The molecule has 11 heteroatoms. The van der Waals surface area contributed by atoms with Gasteiger partial charge in [-0.3, -0.25) is 26.0 Å². The van der Waals surface area contributed by atoms with E-state index < -0.39 is 29.9 Å². The van der Waals surface area contributed by atoms with Gasteiger partial charge in [0.1, 0.15) is 6.04 Å². The maximum Gasteiger partial charge on any atom is 0.338 e. The van der Waals surface area contributed by atoms with Crippen LogP contribution in [0, 0.1) is 0 Å². The van der Waals surface area contributed by atoms with Gasteiger partial charge in [0.15, 0.2) is 11.9 Å². The van der Waals surface area contributed by atoms with E-state index in [1.807, 2.05) is 24.3 Å². The average Bonchev–Trinajstić information content (AvgIpc) is 3.12. The number of carboxylic acids is 1. The molecule has 0 saturated carbocycles. The highest BCUT2D eigenvalue weighted by Crippen LogP contribution is 2.27. The summed E-state index contributed by atoms with van der Waals surface area (Å²) in [6.45, 7) is 0.0780. The summed E-state index contributed by atoms with van der Waals surface area (Å²) in [7, 11) is 0. The summed E-state index contributed by atoms with van der Waals surface area (Å²) in [4.78, 5) is 38.7. The standard InChI is InChI=1S/C19H27N7O4/c20-9-16(27)25-14(6-3-7-23-19(21)22)17(28)26-15(18(29)30)8-11-10-24-13-5-2-1-4-12(11)13/h1-2,4-5,10,14-15,24H,3,6-9,20H2,(H,25,27)(H,26,28)(H,29,30)(H4,21,22,23)/q+1. The lowest BCUT2D eigenvalue weighted by atomic mass is 9.99. The van der Waals surface area contributed by atoms with Crippen molar-refractivity contribution in [2.24, 2.45) is 17.2 Å². The summed E-state index contributed by atoms with van der Waals surface area (Å²) >= 11 is 0. The third-order valence-corrected chi connectivity index (χ3v) is 4.54. The van der Waals surface area contributed by atoms with E-state index in [2.05, 4.69) is 20.9 Å². The first-order valence-corrected chi connectivity index (χ1v) is 9.49. The van der Waals surface area contributed by atoms with Crippen molar-refractivity contribution in [3.8, 4) is 0 Å². The molecule has 0 bridgehead atoms. The van der Waals surface area contributed by atoms with Crippen LogP contribution in [-0.2, 0) is 14.4 Å². The molecule has 0 fully saturated rings. The van der Waals surface area contributed by atoms with E-state index in [-0.39, 0.29) is 25.3 Å². The Morgan fingerprint density at radius 3 is 2.53 bits per heavy atom. The third kappa shape index (κ3) is 6.57. The highest BCUT2D eigenvalue weighted by atomic mass is 16.4. The van der Waals surface area contributed by atoms with Crippen LogP contribution in [0.2, 0.25) is 0 Å². The number of guanidine groups is 1. The first-order valence-electron chi connectivity index (χ1n) is 9.49. The van der Waals surface area contributed by atoms with Crippen molar-refractivity contribution in [2.75, 3.05) is 13.1 Å². The molecule has 1 heterocycles. The van der Waals surface area contributed by atoms with Crippen LogP contribution in [0.15, 0.2) is 30.5 Å². The number of hydrogen-bond donors (Lipinski definition) is 7. The Morgan fingerprint density at radius 2 is 1.87 bits per heavy atom. The zero-order valence-corrected chi connectivity index (χ0v) is 16.4. The van der Waals surface area contributed by atoms with Crippen LogP contribution in [0.5, 0.6) is 0 Å². The Morgan fingerprint density at radius 1 is 1.13 bits per heavy atom.